The molecule has 0 saturated carbocycles. The molecule has 0 aliphatic carbocycles. The van der Waals surface area contributed by atoms with E-state index in [1.165, 1.54) is 10.9 Å². The molecule has 2 N–H and O–H groups in total. The minimum atomic E-state index is -0.418. The molecule has 1 aliphatic heterocycles. The zero-order valence-corrected chi connectivity index (χ0v) is 20.6. The van der Waals surface area contributed by atoms with Crippen molar-refractivity contribution in [3.8, 4) is 17.2 Å². The highest BCUT2D eigenvalue weighted by Gasteiger charge is 2.18. The molecular formula is C28H25ClN4O4. The van der Waals surface area contributed by atoms with E-state index in [-0.39, 0.29) is 23.4 Å². The van der Waals surface area contributed by atoms with Gasteiger partial charge in [-0.15, -0.1) is 0 Å². The molecule has 3 aromatic carbocycles. The first kappa shape index (κ1) is 24.5. The van der Waals surface area contributed by atoms with Crippen LogP contribution in [-0.2, 0) is 4.74 Å². The highest BCUT2D eigenvalue weighted by Crippen LogP contribution is 2.30. The average Bonchev–Trinajstić information content (AvgIpc) is 3.44. The maximum Gasteiger partial charge on any atom is 0.299 e. The fraction of sp³-hybridized carbons (Fsp3) is 0.179. The largest absolute Gasteiger partial charge is 0.453 e. The second-order valence-electron chi connectivity index (χ2n) is 8.55. The topological polar surface area (TPSA) is 94.5 Å². The highest BCUT2D eigenvalue weighted by molar-refractivity contribution is 6.30. The number of nitrogens with one attached hydrogen (secondary N) is 2. The first-order chi connectivity index (χ1) is 18.1. The summed E-state index contributed by atoms with van der Waals surface area (Å²) < 4.78 is 12.9. The Morgan fingerprint density at radius 3 is 2.70 bits per heavy atom. The minimum absolute atomic E-state index is 0.0460. The highest BCUT2D eigenvalue weighted by atomic mass is 35.5. The number of benzene rings is 3. The smallest absolute Gasteiger partial charge is 0.299 e. The SMILES string of the molecule is O=C(NCC1CCCO1)c1cccc(Nc2c(Oc3cccc(Cl)c3)cnn(-c3ccccc3)c2=O)c1. The lowest BCUT2D eigenvalue weighted by Gasteiger charge is -2.15. The standard InChI is InChI=1S/C28H25ClN4O4/c29-20-8-5-12-23(16-20)37-25-18-31-33(22-10-2-1-3-11-22)28(35)26(25)32-21-9-4-7-19(15-21)27(34)30-17-24-13-6-14-36-24/h1-5,7-12,15-16,18,24,32H,6,13-14,17H2,(H,30,34). The van der Waals surface area contributed by atoms with Crippen LogP contribution in [0.15, 0.2) is 89.9 Å². The predicted octanol–water partition coefficient (Wildman–Crippen LogP) is 5.33. The number of hydrogen-bond donors (Lipinski definition) is 2. The van der Waals surface area contributed by atoms with Gasteiger partial charge in [-0.1, -0.05) is 41.9 Å². The van der Waals surface area contributed by atoms with Crippen LogP contribution in [0.5, 0.6) is 11.5 Å². The Morgan fingerprint density at radius 2 is 1.92 bits per heavy atom. The third kappa shape index (κ3) is 5.99. The zero-order chi connectivity index (χ0) is 25.6. The molecule has 0 spiro atoms. The number of nitrogens with zero attached hydrogens (tertiary/aromatic N) is 2. The van der Waals surface area contributed by atoms with Gasteiger partial charge in [-0.3, -0.25) is 9.59 Å². The van der Waals surface area contributed by atoms with Gasteiger partial charge in [0.2, 0.25) is 0 Å². The molecule has 1 unspecified atom stereocenters. The Morgan fingerprint density at radius 1 is 1.08 bits per heavy atom. The molecule has 1 saturated heterocycles. The van der Waals surface area contributed by atoms with Crippen molar-refractivity contribution in [2.75, 3.05) is 18.5 Å². The summed E-state index contributed by atoms with van der Waals surface area (Å²) in [7, 11) is 0. The molecule has 8 nitrogen and oxygen atoms in total. The molecule has 1 fully saturated rings. The number of carbonyl (C=O) groups is 1. The maximum atomic E-state index is 13.6. The van der Waals surface area contributed by atoms with Gasteiger partial charge in [0.25, 0.3) is 11.5 Å². The van der Waals surface area contributed by atoms with Gasteiger partial charge in [-0.05, 0) is 61.4 Å². The first-order valence-electron chi connectivity index (χ1n) is 11.9. The summed E-state index contributed by atoms with van der Waals surface area (Å²) in [5, 5.41) is 10.9. The molecule has 188 valence electrons. The van der Waals surface area contributed by atoms with Gasteiger partial charge in [0.15, 0.2) is 11.4 Å². The monoisotopic (exact) mass is 516 g/mol. The molecule has 1 atom stereocenters. The van der Waals surface area contributed by atoms with Crippen LogP contribution in [0.25, 0.3) is 5.69 Å². The quantitative estimate of drug-likeness (QED) is 0.329. The second kappa shape index (κ2) is 11.3. The van der Waals surface area contributed by atoms with Crippen LogP contribution in [0, 0.1) is 0 Å². The van der Waals surface area contributed by atoms with E-state index in [4.69, 9.17) is 21.1 Å². The van der Waals surface area contributed by atoms with Crippen molar-refractivity contribution in [2.45, 2.75) is 18.9 Å². The van der Waals surface area contributed by atoms with Crippen molar-refractivity contribution < 1.29 is 14.3 Å². The van der Waals surface area contributed by atoms with E-state index in [1.807, 2.05) is 18.2 Å². The van der Waals surface area contributed by atoms with Crippen LogP contribution in [0.1, 0.15) is 23.2 Å². The van der Waals surface area contributed by atoms with Crippen molar-refractivity contribution in [3.63, 3.8) is 0 Å². The summed E-state index contributed by atoms with van der Waals surface area (Å²) in [6, 6.07) is 22.9. The summed E-state index contributed by atoms with van der Waals surface area (Å²) in [5.41, 5.74) is 1.35. The van der Waals surface area contributed by atoms with Crippen LogP contribution < -0.4 is 20.9 Å². The second-order valence-corrected chi connectivity index (χ2v) is 8.98. The summed E-state index contributed by atoms with van der Waals surface area (Å²) >= 11 is 6.11. The molecule has 4 aromatic rings. The lowest BCUT2D eigenvalue weighted by atomic mass is 10.1. The minimum Gasteiger partial charge on any atom is -0.453 e. The van der Waals surface area contributed by atoms with E-state index in [2.05, 4.69) is 15.7 Å². The van der Waals surface area contributed by atoms with Crippen molar-refractivity contribution in [1.29, 1.82) is 0 Å². The molecule has 0 bridgehead atoms. The Kier molecular flexibility index (Phi) is 7.49. The number of halogens is 1. The van der Waals surface area contributed by atoms with Crippen LogP contribution in [0.2, 0.25) is 5.02 Å². The van der Waals surface area contributed by atoms with Crippen molar-refractivity contribution in [3.05, 3.63) is 106 Å². The Balaban J connectivity index is 1.45. The molecule has 5 rings (SSSR count). The van der Waals surface area contributed by atoms with Gasteiger partial charge >= 0.3 is 0 Å². The number of aromatic nitrogens is 2. The maximum absolute atomic E-state index is 13.6. The normalized spacial score (nSPS) is 14.8. The fourth-order valence-electron chi connectivity index (χ4n) is 4.04. The van der Waals surface area contributed by atoms with E-state index < -0.39 is 5.56 Å². The van der Waals surface area contributed by atoms with Crippen LogP contribution in [-0.4, -0.2) is 34.9 Å². The van der Waals surface area contributed by atoms with E-state index in [9.17, 15) is 9.59 Å². The number of para-hydroxylation sites is 1. The van der Waals surface area contributed by atoms with E-state index in [0.29, 0.717) is 34.3 Å². The summed E-state index contributed by atoms with van der Waals surface area (Å²) in [6.45, 7) is 1.19. The number of amides is 1. The molecule has 1 aliphatic rings. The van der Waals surface area contributed by atoms with Crippen molar-refractivity contribution in [2.24, 2.45) is 0 Å². The summed E-state index contributed by atoms with van der Waals surface area (Å²) in [5.74, 6) is 0.454. The van der Waals surface area contributed by atoms with Gasteiger partial charge in [0.1, 0.15) is 5.75 Å². The van der Waals surface area contributed by atoms with Crippen LogP contribution in [0.3, 0.4) is 0 Å². The average molecular weight is 517 g/mol. The third-order valence-corrected chi connectivity index (χ3v) is 6.11. The van der Waals surface area contributed by atoms with Gasteiger partial charge < -0.3 is 20.1 Å². The molecule has 1 aromatic heterocycles. The Bertz CT molecular complexity index is 1450. The first-order valence-corrected chi connectivity index (χ1v) is 12.3. The zero-order valence-electron chi connectivity index (χ0n) is 19.9. The van der Waals surface area contributed by atoms with Crippen LogP contribution in [0.4, 0.5) is 11.4 Å². The van der Waals surface area contributed by atoms with E-state index in [0.717, 1.165) is 19.4 Å². The molecule has 9 heteroatoms. The van der Waals surface area contributed by atoms with E-state index in [1.54, 1.807) is 60.7 Å². The number of rotatable bonds is 8. The molecular weight excluding hydrogens is 492 g/mol. The summed E-state index contributed by atoms with van der Waals surface area (Å²) in [4.78, 5) is 26.3. The lowest BCUT2D eigenvalue weighted by molar-refractivity contribution is 0.0858. The van der Waals surface area contributed by atoms with Gasteiger partial charge in [-0.25, -0.2) is 0 Å². The van der Waals surface area contributed by atoms with Crippen molar-refractivity contribution in [1.82, 2.24) is 15.1 Å². The molecule has 37 heavy (non-hydrogen) atoms. The van der Waals surface area contributed by atoms with Gasteiger partial charge in [-0.2, -0.15) is 9.78 Å². The predicted molar refractivity (Wildman–Crippen MR) is 142 cm³/mol. The van der Waals surface area contributed by atoms with Crippen molar-refractivity contribution >= 4 is 28.9 Å². The fourth-order valence-corrected chi connectivity index (χ4v) is 4.22. The Labute approximate surface area is 218 Å². The summed E-state index contributed by atoms with van der Waals surface area (Å²) in [6.07, 6.45) is 3.46. The van der Waals surface area contributed by atoms with Crippen LogP contribution >= 0.6 is 11.6 Å². The number of anilines is 2. The van der Waals surface area contributed by atoms with Gasteiger partial charge in [0.05, 0.1) is 18.0 Å². The molecule has 1 amide bonds. The molecule has 2 heterocycles. The number of hydrogen-bond acceptors (Lipinski definition) is 6. The Hall–Kier alpha value is -4.14. The van der Waals surface area contributed by atoms with E-state index >= 15 is 0 Å². The number of ether oxygens (including phenoxy) is 2. The third-order valence-electron chi connectivity index (χ3n) is 5.88. The lowest BCUT2D eigenvalue weighted by Crippen LogP contribution is -2.31. The number of carbonyl (C=O) groups excluding carboxylic acids is 1. The molecule has 0 radical (unpaired) electrons. The van der Waals surface area contributed by atoms with Gasteiger partial charge in [0, 0.05) is 29.4 Å².